The number of rotatable bonds is 6. The third kappa shape index (κ3) is 4.28. The van der Waals surface area contributed by atoms with Crippen molar-refractivity contribution < 1.29 is 27.5 Å². The largest absolute Gasteiger partial charge is 0.497 e. The molecular weight excluding hydrogens is 434 g/mol. The molecule has 170 valence electrons. The van der Waals surface area contributed by atoms with Gasteiger partial charge in [0.05, 0.1) is 17.7 Å². The van der Waals surface area contributed by atoms with Crippen molar-refractivity contribution in [3.05, 3.63) is 47.5 Å². The van der Waals surface area contributed by atoms with Gasteiger partial charge in [0.1, 0.15) is 17.5 Å². The lowest BCUT2D eigenvalue weighted by molar-refractivity contribution is -0.124. The van der Waals surface area contributed by atoms with Gasteiger partial charge in [0.15, 0.2) is 6.61 Å². The van der Waals surface area contributed by atoms with Gasteiger partial charge >= 0.3 is 0 Å². The highest BCUT2D eigenvalue weighted by Gasteiger charge is 2.40. The Bertz CT molecular complexity index is 1160. The topological polar surface area (TPSA) is 114 Å². The van der Waals surface area contributed by atoms with Gasteiger partial charge in [-0.2, -0.15) is 4.31 Å². The summed E-state index contributed by atoms with van der Waals surface area (Å²) in [5.41, 5.74) is 1.76. The minimum atomic E-state index is -3.94. The number of methoxy groups -OCH3 is 1. The van der Waals surface area contributed by atoms with E-state index in [0.29, 0.717) is 35.6 Å². The molecule has 1 fully saturated rings. The molecule has 2 amide bonds. The predicted octanol–water partition coefficient (Wildman–Crippen LogP) is 1.80. The molecule has 10 heteroatoms. The second-order valence-corrected chi connectivity index (χ2v) is 9.65. The van der Waals surface area contributed by atoms with Crippen LogP contribution in [0.2, 0.25) is 0 Å². The Morgan fingerprint density at radius 3 is 2.91 bits per heavy atom. The van der Waals surface area contributed by atoms with Crippen molar-refractivity contribution in [1.82, 2.24) is 9.62 Å². The van der Waals surface area contributed by atoms with E-state index in [4.69, 9.17) is 9.47 Å². The first-order valence-electron chi connectivity index (χ1n) is 10.3. The van der Waals surface area contributed by atoms with Gasteiger partial charge < -0.3 is 20.1 Å². The molecule has 2 aliphatic rings. The second kappa shape index (κ2) is 8.79. The Morgan fingerprint density at radius 2 is 2.12 bits per heavy atom. The zero-order valence-corrected chi connectivity index (χ0v) is 18.7. The maximum Gasteiger partial charge on any atom is 0.262 e. The maximum atomic E-state index is 13.5. The van der Waals surface area contributed by atoms with Crippen LogP contribution in [-0.2, 0) is 26.2 Å². The Hall–Kier alpha value is -3.11. The summed E-state index contributed by atoms with van der Waals surface area (Å²) in [6, 6.07) is 9.53. The number of carbonyl (C=O) groups excluding carboxylic acids is 2. The highest BCUT2D eigenvalue weighted by atomic mass is 32.2. The Labute approximate surface area is 186 Å². The van der Waals surface area contributed by atoms with Crippen molar-refractivity contribution in [2.75, 3.05) is 25.6 Å². The van der Waals surface area contributed by atoms with E-state index in [1.165, 1.54) is 10.4 Å². The van der Waals surface area contributed by atoms with Crippen LogP contribution >= 0.6 is 0 Å². The molecule has 0 saturated carbocycles. The molecule has 0 spiro atoms. The number of nitrogens with zero attached hydrogens (tertiary/aromatic N) is 1. The number of anilines is 1. The van der Waals surface area contributed by atoms with Crippen molar-refractivity contribution in [3.63, 3.8) is 0 Å². The zero-order valence-electron chi connectivity index (χ0n) is 17.9. The minimum Gasteiger partial charge on any atom is -0.497 e. The average molecular weight is 460 g/mol. The molecule has 1 atom stereocenters. The van der Waals surface area contributed by atoms with Crippen molar-refractivity contribution >= 4 is 27.5 Å². The molecule has 2 aromatic rings. The Kier molecular flexibility index (Phi) is 6.07. The first-order valence-corrected chi connectivity index (χ1v) is 11.7. The molecule has 0 radical (unpaired) electrons. The standard InChI is InChI=1S/C22H25N3O6S/c1-14-9-17-19(31-13-21(26)24-17)11-20(14)32(28,29)25-8-4-7-18(25)22(27)23-12-15-5-3-6-16(10-15)30-2/h3,5-6,9-11,18H,4,7-8,12-13H2,1-2H3,(H,23,27)(H,24,26)/t18-/m1/s1. The van der Waals surface area contributed by atoms with E-state index < -0.39 is 16.1 Å². The number of hydrogen-bond donors (Lipinski definition) is 2. The summed E-state index contributed by atoms with van der Waals surface area (Å²) in [5.74, 6) is 0.350. The van der Waals surface area contributed by atoms with Gasteiger partial charge in [0, 0.05) is 19.2 Å². The van der Waals surface area contributed by atoms with E-state index in [1.807, 2.05) is 24.3 Å². The molecule has 0 unspecified atom stereocenters. The van der Waals surface area contributed by atoms with Crippen molar-refractivity contribution in [1.29, 1.82) is 0 Å². The van der Waals surface area contributed by atoms with E-state index in [2.05, 4.69) is 10.6 Å². The molecule has 0 aromatic heterocycles. The Balaban J connectivity index is 1.53. The SMILES string of the molecule is COc1cccc(CNC(=O)[C@H]2CCCN2S(=O)(=O)c2cc3c(cc2C)NC(=O)CO3)c1. The van der Waals surface area contributed by atoms with Gasteiger partial charge in [0.25, 0.3) is 5.91 Å². The number of nitrogens with one attached hydrogen (secondary N) is 2. The molecule has 1 saturated heterocycles. The number of carbonyl (C=O) groups is 2. The number of amides is 2. The molecule has 2 aromatic carbocycles. The Morgan fingerprint density at radius 1 is 1.31 bits per heavy atom. The van der Waals surface area contributed by atoms with Crippen LogP contribution in [0, 0.1) is 6.92 Å². The predicted molar refractivity (Wildman–Crippen MR) is 117 cm³/mol. The molecule has 0 aliphatic carbocycles. The summed E-state index contributed by atoms with van der Waals surface area (Å²) in [6.07, 6.45) is 1.03. The van der Waals surface area contributed by atoms with Crippen LogP contribution in [0.5, 0.6) is 11.5 Å². The number of fused-ring (bicyclic) bond motifs is 1. The van der Waals surface area contributed by atoms with Crippen LogP contribution in [0.1, 0.15) is 24.0 Å². The monoisotopic (exact) mass is 459 g/mol. The highest BCUT2D eigenvalue weighted by molar-refractivity contribution is 7.89. The molecule has 32 heavy (non-hydrogen) atoms. The van der Waals surface area contributed by atoms with Crippen LogP contribution in [0.3, 0.4) is 0 Å². The van der Waals surface area contributed by atoms with Crippen LogP contribution in [0.4, 0.5) is 5.69 Å². The third-order valence-electron chi connectivity index (χ3n) is 5.60. The average Bonchev–Trinajstić information content (AvgIpc) is 3.28. The summed E-state index contributed by atoms with van der Waals surface area (Å²) in [4.78, 5) is 24.5. The van der Waals surface area contributed by atoms with Crippen molar-refractivity contribution in [2.45, 2.75) is 37.2 Å². The third-order valence-corrected chi connectivity index (χ3v) is 7.65. The number of hydrogen-bond acceptors (Lipinski definition) is 6. The van der Waals surface area contributed by atoms with Gasteiger partial charge in [-0.3, -0.25) is 9.59 Å². The molecule has 0 bridgehead atoms. The van der Waals surface area contributed by atoms with Crippen molar-refractivity contribution in [2.24, 2.45) is 0 Å². The van der Waals surface area contributed by atoms with E-state index in [0.717, 1.165) is 5.56 Å². The number of sulfonamides is 1. The lowest BCUT2D eigenvalue weighted by Crippen LogP contribution is -2.45. The van der Waals surface area contributed by atoms with E-state index in [9.17, 15) is 18.0 Å². The molecule has 2 heterocycles. The number of ether oxygens (including phenoxy) is 2. The zero-order chi connectivity index (χ0) is 22.9. The van der Waals surface area contributed by atoms with Gasteiger partial charge in [-0.25, -0.2) is 8.42 Å². The smallest absolute Gasteiger partial charge is 0.262 e. The minimum absolute atomic E-state index is 0.0693. The summed E-state index contributed by atoms with van der Waals surface area (Å²) in [7, 11) is -2.37. The van der Waals surface area contributed by atoms with Crippen LogP contribution in [-0.4, -0.2) is 50.8 Å². The van der Waals surface area contributed by atoms with E-state index >= 15 is 0 Å². The molecular formula is C22H25N3O6S. The summed E-state index contributed by atoms with van der Waals surface area (Å²) >= 11 is 0. The molecule has 2 N–H and O–H groups in total. The van der Waals surface area contributed by atoms with E-state index in [-0.39, 0.29) is 36.4 Å². The second-order valence-electron chi connectivity index (χ2n) is 7.79. The van der Waals surface area contributed by atoms with Crippen molar-refractivity contribution in [3.8, 4) is 11.5 Å². The van der Waals surface area contributed by atoms with Gasteiger partial charge in [-0.15, -0.1) is 0 Å². The highest BCUT2D eigenvalue weighted by Crippen LogP contribution is 2.36. The first kappa shape index (κ1) is 22.1. The number of aryl methyl sites for hydroxylation is 1. The first-order chi connectivity index (χ1) is 15.3. The summed E-state index contributed by atoms with van der Waals surface area (Å²) in [5, 5.41) is 5.51. The molecule has 4 rings (SSSR count). The van der Waals surface area contributed by atoms with Crippen LogP contribution in [0.25, 0.3) is 0 Å². The normalized spacial score (nSPS) is 18.4. The van der Waals surface area contributed by atoms with E-state index in [1.54, 1.807) is 20.1 Å². The van der Waals surface area contributed by atoms with Gasteiger partial charge in [-0.1, -0.05) is 12.1 Å². The van der Waals surface area contributed by atoms with Crippen LogP contribution in [0.15, 0.2) is 41.3 Å². The van der Waals surface area contributed by atoms with Crippen LogP contribution < -0.4 is 20.1 Å². The lowest BCUT2D eigenvalue weighted by atomic mass is 10.2. The maximum absolute atomic E-state index is 13.5. The quantitative estimate of drug-likeness (QED) is 0.681. The fourth-order valence-electron chi connectivity index (χ4n) is 4.00. The molecule has 9 nitrogen and oxygen atoms in total. The molecule has 2 aliphatic heterocycles. The van der Waals surface area contributed by atoms with Gasteiger partial charge in [0.2, 0.25) is 15.9 Å². The fourth-order valence-corrected chi connectivity index (χ4v) is 5.88. The number of benzene rings is 2. The summed E-state index contributed by atoms with van der Waals surface area (Å²) in [6.45, 7) is 2.01. The lowest BCUT2D eigenvalue weighted by Gasteiger charge is -2.26. The summed E-state index contributed by atoms with van der Waals surface area (Å²) < 4.78 is 38.8. The van der Waals surface area contributed by atoms with Gasteiger partial charge in [-0.05, 0) is 49.1 Å². The fraction of sp³-hybridized carbons (Fsp3) is 0.364.